The number of urea groups is 1. The van der Waals surface area contributed by atoms with Gasteiger partial charge in [-0.2, -0.15) is 0 Å². The van der Waals surface area contributed by atoms with E-state index in [1.54, 1.807) is 10.8 Å². The molecule has 0 aliphatic heterocycles. The standard InChI is InChI=1S/C16H19BrN4O4/c17-11-4-3-10-5-7-21(13(10)8-11)9-14(22)20-12(15(23)24)2-1-6-19-16(18)25/h3-5,7-8,12H,1-2,6,9H2,(H,20,22)(H,23,24)(H3,18,19,25)/t12-/m1/s1. The number of hydrogen-bond donors (Lipinski definition) is 4. The molecule has 0 fully saturated rings. The zero-order chi connectivity index (χ0) is 18.4. The number of carbonyl (C=O) groups is 3. The Bertz CT molecular complexity index is 790. The number of carbonyl (C=O) groups excluding carboxylic acids is 2. The van der Waals surface area contributed by atoms with Crippen molar-refractivity contribution in [2.75, 3.05) is 6.54 Å². The Morgan fingerprint density at radius 1 is 1.28 bits per heavy atom. The van der Waals surface area contributed by atoms with E-state index >= 15 is 0 Å². The number of primary amides is 1. The molecular weight excluding hydrogens is 392 g/mol. The molecule has 134 valence electrons. The third-order valence-electron chi connectivity index (χ3n) is 3.65. The van der Waals surface area contributed by atoms with Crippen LogP contribution in [0.1, 0.15) is 12.8 Å². The molecule has 5 N–H and O–H groups in total. The van der Waals surface area contributed by atoms with E-state index < -0.39 is 23.9 Å². The lowest BCUT2D eigenvalue weighted by Crippen LogP contribution is -2.42. The summed E-state index contributed by atoms with van der Waals surface area (Å²) >= 11 is 3.39. The van der Waals surface area contributed by atoms with Gasteiger partial charge in [-0.1, -0.05) is 22.0 Å². The molecule has 2 aromatic rings. The van der Waals surface area contributed by atoms with Gasteiger partial charge in [0.1, 0.15) is 12.6 Å². The molecule has 0 aliphatic rings. The molecule has 0 saturated heterocycles. The molecule has 0 radical (unpaired) electrons. The van der Waals surface area contributed by atoms with Crippen LogP contribution in [0.4, 0.5) is 4.79 Å². The van der Waals surface area contributed by atoms with Crippen LogP contribution in [0.3, 0.4) is 0 Å². The van der Waals surface area contributed by atoms with E-state index in [-0.39, 0.29) is 19.5 Å². The second kappa shape index (κ2) is 8.52. The predicted molar refractivity (Wildman–Crippen MR) is 96.0 cm³/mol. The Labute approximate surface area is 152 Å². The molecule has 2 rings (SSSR count). The molecule has 0 unspecified atom stereocenters. The van der Waals surface area contributed by atoms with Crippen LogP contribution < -0.4 is 16.4 Å². The highest BCUT2D eigenvalue weighted by Crippen LogP contribution is 2.20. The van der Waals surface area contributed by atoms with Gasteiger partial charge in [-0.25, -0.2) is 9.59 Å². The van der Waals surface area contributed by atoms with Gasteiger partial charge >= 0.3 is 12.0 Å². The second-order valence-electron chi connectivity index (χ2n) is 5.54. The highest BCUT2D eigenvalue weighted by Gasteiger charge is 2.19. The maximum Gasteiger partial charge on any atom is 0.326 e. The van der Waals surface area contributed by atoms with Crippen molar-refractivity contribution in [1.82, 2.24) is 15.2 Å². The van der Waals surface area contributed by atoms with Gasteiger partial charge in [0.15, 0.2) is 0 Å². The third-order valence-corrected chi connectivity index (χ3v) is 4.15. The SMILES string of the molecule is NC(=O)NCCC[C@@H](NC(=O)Cn1ccc2ccc(Br)cc21)C(=O)O. The molecule has 0 spiro atoms. The maximum absolute atomic E-state index is 12.2. The molecule has 1 atom stereocenters. The van der Waals surface area contributed by atoms with Crippen molar-refractivity contribution in [3.63, 3.8) is 0 Å². The molecule has 3 amide bonds. The Balaban J connectivity index is 1.94. The Morgan fingerprint density at radius 2 is 2.04 bits per heavy atom. The summed E-state index contributed by atoms with van der Waals surface area (Å²) in [6, 6.07) is 5.94. The largest absolute Gasteiger partial charge is 0.480 e. The molecule has 25 heavy (non-hydrogen) atoms. The molecule has 0 bridgehead atoms. The highest BCUT2D eigenvalue weighted by atomic mass is 79.9. The maximum atomic E-state index is 12.2. The first-order chi connectivity index (χ1) is 11.9. The van der Waals surface area contributed by atoms with Crippen LogP contribution in [0.2, 0.25) is 0 Å². The van der Waals surface area contributed by atoms with E-state index in [4.69, 9.17) is 5.73 Å². The van der Waals surface area contributed by atoms with Crippen LogP contribution >= 0.6 is 15.9 Å². The van der Waals surface area contributed by atoms with Crippen molar-refractivity contribution in [1.29, 1.82) is 0 Å². The monoisotopic (exact) mass is 410 g/mol. The molecule has 1 aromatic carbocycles. The van der Waals surface area contributed by atoms with Gasteiger partial charge in [0.25, 0.3) is 0 Å². The molecule has 9 heteroatoms. The Morgan fingerprint density at radius 3 is 2.72 bits per heavy atom. The van der Waals surface area contributed by atoms with E-state index in [1.165, 1.54) is 0 Å². The fraction of sp³-hybridized carbons (Fsp3) is 0.312. The van der Waals surface area contributed by atoms with Gasteiger partial charge in [-0.3, -0.25) is 4.79 Å². The summed E-state index contributed by atoms with van der Waals surface area (Å²) in [5, 5.41) is 15.1. The number of carboxylic acid groups (broad SMARTS) is 1. The number of aromatic nitrogens is 1. The first-order valence-corrected chi connectivity index (χ1v) is 8.46. The van der Waals surface area contributed by atoms with Crippen molar-refractivity contribution < 1.29 is 19.5 Å². The van der Waals surface area contributed by atoms with Gasteiger partial charge in [0.2, 0.25) is 5.91 Å². The van der Waals surface area contributed by atoms with Crippen molar-refractivity contribution in [3.8, 4) is 0 Å². The van der Waals surface area contributed by atoms with Crippen LogP contribution in [-0.4, -0.2) is 40.2 Å². The average molecular weight is 411 g/mol. The smallest absolute Gasteiger partial charge is 0.326 e. The molecule has 8 nitrogen and oxygen atoms in total. The highest BCUT2D eigenvalue weighted by molar-refractivity contribution is 9.10. The van der Waals surface area contributed by atoms with Crippen LogP contribution in [0.25, 0.3) is 10.9 Å². The number of benzene rings is 1. The zero-order valence-corrected chi connectivity index (χ0v) is 15.0. The van der Waals surface area contributed by atoms with Crippen molar-refractivity contribution in [2.24, 2.45) is 5.73 Å². The lowest BCUT2D eigenvalue weighted by molar-refractivity contribution is -0.142. The fourth-order valence-corrected chi connectivity index (χ4v) is 2.81. The van der Waals surface area contributed by atoms with E-state index in [9.17, 15) is 19.5 Å². The van der Waals surface area contributed by atoms with E-state index in [0.717, 1.165) is 15.4 Å². The van der Waals surface area contributed by atoms with Crippen LogP contribution in [0, 0.1) is 0 Å². The number of rotatable bonds is 8. The van der Waals surface area contributed by atoms with Crippen LogP contribution in [0.5, 0.6) is 0 Å². The van der Waals surface area contributed by atoms with Crippen molar-refractivity contribution >= 4 is 44.7 Å². The number of carboxylic acids is 1. The minimum Gasteiger partial charge on any atom is -0.480 e. The van der Waals surface area contributed by atoms with E-state index in [1.807, 2.05) is 24.3 Å². The zero-order valence-electron chi connectivity index (χ0n) is 13.4. The number of hydrogen-bond acceptors (Lipinski definition) is 3. The third kappa shape index (κ3) is 5.49. The van der Waals surface area contributed by atoms with Gasteiger partial charge in [0, 0.05) is 22.7 Å². The number of fused-ring (bicyclic) bond motifs is 1. The predicted octanol–water partition coefficient (Wildman–Crippen LogP) is 1.42. The van der Waals surface area contributed by atoms with Crippen molar-refractivity contribution in [2.45, 2.75) is 25.4 Å². The number of nitrogens with one attached hydrogen (secondary N) is 2. The number of aliphatic carboxylic acids is 1. The molecule has 0 aliphatic carbocycles. The topological polar surface area (TPSA) is 126 Å². The lowest BCUT2D eigenvalue weighted by Gasteiger charge is -2.15. The summed E-state index contributed by atoms with van der Waals surface area (Å²) in [5.41, 5.74) is 5.82. The Hall–Kier alpha value is -2.55. The summed E-state index contributed by atoms with van der Waals surface area (Å²) < 4.78 is 2.65. The summed E-state index contributed by atoms with van der Waals surface area (Å²) in [5.74, 6) is -1.51. The summed E-state index contributed by atoms with van der Waals surface area (Å²) in [4.78, 5) is 34.1. The van der Waals surface area contributed by atoms with E-state index in [0.29, 0.717) is 6.42 Å². The fourth-order valence-electron chi connectivity index (χ4n) is 2.46. The summed E-state index contributed by atoms with van der Waals surface area (Å²) in [7, 11) is 0. The summed E-state index contributed by atoms with van der Waals surface area (Å²) in [6.07, 6.45) is 2.36. The number of nitrogens with zero attached hydrogens (tertiary/aromatic N) is 1. The van der Waals surface area contributed by atoms with Gasteiger partial charge in [0.05, 0.1) is 0 Å². The minimum atomic E-state index is -1.12. The quantitative estimate of drug-likeness (QED) is 0.490. The van der Waals surface area contributed by atoms with Crippen LogP contribution in [-0.2, 0) is 16.1 Å². The number of amides is 3. The molecule has 0 saturated carbocycles. The van der Waals surface area contributed by atoms with E-state index in [2.05, 4.69) is 26.6 Å². The molecular formula is C16H19BrN4O4. The van der Waals surface area contributed by atoms with Gasteiger partial charge in [-0.15, -0.1) is 0 Å². The first kappa shape index (κ1) is 18.8. The van der Waals surface area contributed by atoms with Crippen LogP contribution in [0.15, 0.2) is 34.9 Å². The van der Waals surface area contributed by atoms with Crippen molar-refractivity contribution in [3.05, 3.63) is 34.9 Å². The molecule has 1 heterocycles. The molecule has 1 aromatic heterocycles. The number of halogens is 1. The normalized spacial score (nSPS) is 11.9. The number of nitrogens with two attached hydrogens (primary N) is 1. The summed E-state index contributed by atoms with van der Waals surface area (Å²) in [6.45, 7) is 0.272. The van der Waals surface area contributed by atoms with Gasteiger partial charge in [-0.05, 0) is 36.4 Å². The lowest BCUT2D eigenvalue weighted by atomic mass is 10.1. The Kier molecular flexibility index (Phi) is 6.40. The first-order valence-electron chi connectivity index (χ1n) is 7.66. The second-order valence-corrected chi connectivity index (χ2v) is 6.45. The van der Waals surface area contributed by atoms with Gasteiger partial charge < -0.3 is 26.0 Å². The minimum absolute atomic E-state index is 0.0171. The average Bonchev–Trinajstić information content (AvgIpc) is 2.92.